The van der Waals surface area contributed by atoms with E-state index in [-0.39, 0.29) is 11.3 Å². The first-order valence-corrected chi connectivity index (χ1v) is 5.58. The van der Waals surface area contributed by atoms with E-state index in [1.807, 2.05) is 6.92 Å². The second-order valence-electron chi connectivity index (χ2n) is 3.73. The van der Waals surface area contributed by atoms with Crippen molar-refractivity contribution in [2.45, 2.75) is 19.5 Å². The van der Waals surface area contributed by atoms with Crippen LogP contribution in [0, 0.1) is 0 Å². The molecule has 100 valence electrons. The number of benzene rings is 1. The van der Waals surface area contributed by atoms with Gasteiger partial charge in [0.05, 0.1) is 16.8 Å². The van der Waals surface area contributed by atoms with Gasteiger partial charge in [-0.25, -0.2) is 0 Å². The van der Waals surface area contributed by atoms with Crippen molar-refractivity contribution in [3.8, 4) is 0 Å². The molecule has 1 aromatic rings. The summed E-state index contributed by atoms with van der Waals surface area (Å²) in [7, 11) is 1.38. The molecular formula is C12H15F3N2O. The van der Waals surface area contributed by atoms with Gasteiger partial charge in [0, 0.05) is 13.6 Å². The van der Waals surface area contributed by atoms with Crippen LogP contribution in [0.15, 0.2) is 18.2 Å². The van der Waals surface area contributed by atoms with Crippen molar-refractivity contribution < 1.29 is 18.0 Å². The summed E-state index contributed by atoms with van der Waals surface area (Å²) in [5.41, 5.74) is -0.982. The summed E-state index contributed by atoms with van der Waals surface area (Å²) in [4.78, 5) is 11.6. The molecule has 2 N–H and O–H groups in total. The van der Waals surface area contributed by atoms with Crippen LogP contribution in [-0.4, -0.2) is 19.5 Å². The molecule has 0 aromatic heterocycles. The number of halogens is 3. The van der Waals surface area contributed by atoms with Crippen molar-refractivity contribution in [1.82, 2.24) is 5.32 Å². The van der Waals surface area contributed by atoms with Crippen molar-refractivity contribution in [1.29, 1.82) is 0 Å². The van der Waals surface area contributed by atoms with E-state index in [0.717, 1.165) is 6.07 Å². The minimum Gasteiger partial charge on any atom is -0.384 e. The van der Waals surface area contributed by atoms with Crippen molar-refractivity contribution in [2.24, 2.45) is 0 Å². The Morgan fingerprint density at radius 2 is 2.00 bits per heavy atom. The Bertz CT molecular complexity index is 430. The largest absolute Gasteiger partial charge is 0.418 e. The normalized spacial score (nSPS) is 11.2. The van der Waals surface area contributed by atoms with E-state index in [0.29, 0.717) is 13.0 Å². The smallest absolute Gasteiger partial charge is 0.384 e. The van der Waals surface area contributed by atoms with Crippen molar-refractivity contribution in [2.75, 3.05) is 18.9 Å². The number of hydrogen-bond donors (Lipinski definition) is 2. The van der Waals surface area contributed by atoms with E-state index in [1.54, 1.807) is 0 Å². The summed E-state index contributed by atoms with van der Waals surface area (Å²) < 4.78 is 38.6. The molecule has 18 heavy (non-hydrogen) atoms. The van der Waals surface area contributed by atoms with Crippen LogP contribution in [0.1, 0.15) is 29.3 Å². The molecule has 0 bridgehead atoms. The first kappa shape index (κ1) is 14.3. The van der Waals surface area contributed by atoms with Crippen LogP contribution in [0.4, 0.5) is 18.9 Å². The molecule has 0 saturated heterocycles. The Balaban J connectivity index is 3.30. The third-order valence-electron chi connectivity index (χ3n) is 2.39. The Labute approximate surface area is 103 Å². The molecular weight excluding hydrogens is 245 g/mol. The Morgan fingerprint density at radius 1 is 1.33 bits per heavy atom. The third kappa shape index (κ3) is 3.15. The highest BCUT2D eigenvalue weighted by Gasteiger charge is 2.35. The first-order valence-electron chi connectivity index (χ1n) is 5.58. The van der Waals surface area contributed by atoms with Crippen LogP contribution < -0.4 is 10.6 Å². The van der Waals surface area contributed by atoms with Crippen molar-refractivity contribution in [3.05, 3.63) is 29.3 Å². The standard InChI is InChI=1S/C12H15F3N2O/c1-3-7-17-10-8(11(18)16-2)5-4-6-9(10)12(13,14)15/h4-6,17H,3,7H2,1-2H3,(H,16,18). The van der Waals surface area contributed by atoms with E-state index in [9.17, 15) is 18.0 Å². The van der Waals surface area contributed by atoms with Gasteiger partial charge in [0.1, 0.15) is 0 Å². The number of para-hydroxylation sites is 1. The molecule has 0 radical (unpaired) electrons. The highest BCUT2D eigenvalue weighted by Crippen LogP contribution is 2.36. The van der Waals surface area contributed by atoms with Gasteiger partial charge in [-0.1, -0.05) is 13.0 Å². The molecule has 1 aromatic carbocycles. The van der Waals surface area contributed by atoms with Gasteiger partial charge in [-0.05, 0) is 18.6 Å². The minimum atomic E-state index is -4.49. The van der Waals surface area contributed by atoms with Gasteiger partial charge in [0.2, 0.25) is 0 Å². The molecule has 0 spiro atoms. The second-order valence-corrected chi connectivity index (χ2v) is 3.73. The number of carbonyl (C=O) groups excluding carboxylic acids is 1. The zero-order valence-electron chi connectivity index (χ0n) is 10.2. The predicted molar refractivity (Wildman–Crippen MR) is 63.6 cm³/mol. The second kappa shape index (κ2) is 5.75. The monoisotopic (exact) mass is 260 g/mol. The van der Waals surface area contributed by atoms with Crippen molar-refractivity contribution in [3.63, 3.8) is 0 Å². The topological polar surface area (TPSA) is 41.1 Å². The molecule has 6 heteroatoms. The molecule has 0 aliphatic heterocycles. The quantitative estimate of drug-likeness (QED) is 0.874. The number of anilines is 1. The predicted octanol–water partition coefficient (Wildman–Crippen LogP) is 2.89. The van der Waals surface area contributed by atoms with E-state index >= 15 is 0 Å². The summed E-state index contributed by atoms with van der Waals surface area (Å²) in [6, 6.07) is 3.56. The highest BCUT2D eigenvalue weighted by atomic mass is 19.4. The molecule has 0 saturated carbocycles. The summed E-state index contributed by atoms with van der Waals surface area (Å²) >= 11 is 0. The number of nitrogens with one attached hydrogen (secondary N) is 2. The molecule has 1 amide bonds. The van der Waals surface area contributed by atoms with Crippen molar-refractivity contribution >= 4 is 11.6 Å². The van der Waals surface area contributed by atoms with Gasteiger partial charge < -0.3 is 10.6 Å². The van der Waals surface area contributed by atoms with E-state index < -0.39 is 17.6 Å². The lowest BCUT2D eigenvalue weighted by molar-refractivity contribution is -0.137. The van der Waals surface area contributed by atoms with Crippen LogP contribution in [-0.2, 0) is 6.18 Å². The summed E-state index contributed by atoms with van der Waals surface area (Å²) in [6.07, 6.45) is -3.82. The number of carbonyl (C=O) groups is 1. The van der Waals surface area contributed by atoms with Gasteiger partial charge >= 0.3 is 6.18 Å². The average Bonchev–Trinajstić information content (AvgIpc) is 2.33. The first-order chi connectivity index (χ1) is 8.41. The number of rotatable bonds is 4. The number of hydrogen-bond acceptors (Lipinski definition) is 2. The van der Waals surface area contributed by atoms with E-state index in [1.165, 1.54) is 19.2 Å². The van der Waals surface area contributed by atoms with Crippen LogP contribution in [0.3, 0.4) is 0 Å². The van der Waals surface area contributed by atoms with Gasteiger partial charge in [-0.3, -0.25) is 4.79 Å². The lowest BCUT2D eigenvalue weighted by Crippen LogP contribution is -2.22. The number of amides is 1. The molecule has 0 unspecified atom stereocenters. The maximum Gasteiger partial charge on any atom is 0.418 e. The lowest BCUT2D eigenvalue weighted by Gasteiger charge is -2.17. The molecule has 0 aliphatic carbocycles. The highest BCUT2D eigenvalue weighted by molar-refractivity contribution is 6.00. The van der Waals surface area contributed by atoms with Crippen LogP contribution in [0.2, 0.25) is 0 Å². The van der Waals surface area contributed by atoms with Crippen LogP contribution in [0.25, 0.3) is 0 Å². The zero-order valence-corrected chi connectivity index (χ0v) is 10.2. The zero-order chi connectivity index (χ0) is 13.8. The van der Waals surface area contributed by atoms with Gasteiger partial charge in [0.15, 0.2) is 0 Å². The Kier molecular flexibility index (Phi) is 4.58. The van der Waals surface area contributed by atoms with E-state index in [4.69, 9.17) is 0 Å². The summed E-state index contributed by atoms with van der Waals surface area (Å²) in [5, 5.41) is 5.00. The van der Waals surface area contributed by atoms with Crippen LogP contribution in [0.5, 0.6) is 0 Å². The number of alkyl halides is 3. The molecule has 3 nitrogen and oxygen atoms in total. The lowest BCUT2D eigenvalue weighted by atomic mass is 10.1. The fourth-order valence-electron chi connectivity index (χ4n) is 1.55. The summed E-state index contributed by atoms with van der Waals surface area (Å²) in [6.45, 7) is 2.21. The van der Waals surface area contributed by atoms with Gasteiger partial charge in [-0.15, -0.1) is 0 Å². The molecule has 0 aliphatic rings. The minimum absolute atomic E-state index is 0.000718. The van der Waals surface area contributed by atoms with E-state index in [2.05, 4.69) is 10.6 Å². The van der Waals surface area contributed by atoms with Crippen LogP contribution >= 0.6 is 0 Å². The Morgan fingerprint density at radius 3 is 2.50 bits per heavy atom. The molecule has 0 atom stereocenters. The fraction of sp³-hybridized carbons (Fsp3) is 0.417. The van der Waals surface area contributed by atoms with Gasteiger partial charge in [-0.2, -0.15) is 13.2 Å². The van der Waals surface area contributed by atoms with Gasteiger partial charge in [0.25, 0.3) is 5.91 Å². The fourth-order valence-corrected chi connectivity index (χ4v) is 1.55. The third-order valence-corrected chi connectivity index (χ3v) is 2.39. The molecule has 0 fully saturated rings. The molecule has 1 rings (SSSR count). The summed E-state index contributed by atoms with van der Waals surface area (Å²) in [5.74, 6) is -0.542. The maximum absolute atomic E-state index is 12.9. The maximum atomic E-state index is 12.9. The SMILES string of the molecule is CCCNc1c(C(=O)NC)cccc1C(F)(F)F. The molecule has 0 heterocycles. The Hall–Kier alpha value is -1.72. The average molecular weight is 260 g/mol.